The van der Waals surface area contributed by atoms with Crippen LogP contribution in [0.2, 0.25) is 0 Å². The number of Topliss-reactive ketones (excluding diaryl/α,β-unsaturated/α-hetero) is 1. The van der Waals surface area contributed by atoms with Gasteiger partial charge in [-0.05, 0) is 50.5 Å². The average molecular weight is 329 g/mol. The van der Waals surface area contributed by atoms with Gasteiger partial charge >= 0.3 is 5.97 Å². The van der Waals surface area contributed by atoms with E-state index in [1.807, 2.05) is 18.4 Å². The zero-order valence-corrected chi connectivity index (χ0v) is 14.0. The molecule has 0 N–H and O–H groups in total. The van der Waals surface area contributed by atoms with Gasteiger partial charge < -0.3 is 9.30 Å². The Morgan fingerprint density at radius 1 is 1.29 bits per heavy atom. The van der Waals surface area contributed by atoms with Crippen LogP contribution in [0.3, 0.4) is 0 Å². The van der Waals surface area contributed by atoms with E-state index in [1.165, 1.54) is 12.1 Å². The Morgan fingerprint density at radius 2 is 2.00 bits per heavy atom. The van der Waals surface area contributed by atoms with Gasteiger partial charge in [-0.1, -0.05) is 13.0 Å². The maximum atomic E-state index is 13.5. The maximum absolute atomic E-state index is 13.5. The highest BCUT2D eigenvalue weighted by Crippen LogP contribution is 2.38. The van der Waals surface area contributed by atoms with Gasteiger partial charge in [-0.15, -0.1) is 0 Å². The number of ether oxygens (including phenoxy) is 1. The summed E-state index contributed by atoms with van der Waals surface area (Å²) in [5.74, 6) is -0.578. The average Bonchev–Trinajstić information content (AvgIpc) is 3.19. The molecular formula is C19H20FNO3. The topological polar surface area (TPSA) is 48.3 Å². The first-order valence-electron chi connectivity index (χ1n) is 8.03. The third-order valence-corrected chi connectivity index (χ3v) is 4.56. The van der Waals surface area contributed by atoms with E-state index in [0.29, 0.717) is 22.9 Å². The lowest BCUT2D eigenvalue weighted by Crippen LogP contribution is -2.16. The molecular weight excluding hydrogens is 309 g/mol. The quantitative estimate of drug-likeness (QED) is 0.622. The number of aromatic nitrogens is 1. The van der Waals surface area contributed by atoms with Crippen molar-refractivity contribution >= 4 is 11.8 Å². The minimum Gasteiger partial charge on any atom is -0.457 e. The van der Waals surface area contributed by atoms with E-state index in [9.17, 15) is 14.0 Å². The van der Waals surface area contributed by atoms with Crippen LogP contribution >= 0.6 is 0 Å². The molecule has 1 fully saturated rings. The van der Waals surface area contributed by atoms with Crippen molar-refractivity contribution in [2.75, 3.05) is 6.61 Å². The second kappa shape index (κ2) is 6.23. The molecule has 24 heavy (non-hydrogen) atoms. The summed E-state index contributed by atoms with van der Waals surface area (Å²) in [5.41, 5.74) is 2.68. The lowest BCUT2D eigenvalue weighted by molar-refractivity contribution is -0.144. The van der Waals surface area contributed by atoms with Crippen molar-refractivity contribution in [3.05, 3.63) is 53.1 Å². The smallest absolute Gasteiger partial charge is 0.309 e. The van der Waals surface area contributed by atoms with Gasteiger partial charge in [-0.25, -0.2) is 4.39 Å². The molecule has 2 atom stereocenters. The fraction of sp³-hybridized carbons (Fsp3) is 0.368. The van der Waals surface area contributed by atoms with E-state index in [-0.39, 0.29) is 30.1 Å². The molecule has 2 aromatic rings. The first kappa shape index (κ1) is 16.4. The van der Waals surface area contributed by atoms with Crippen molar-refractivity contribution in [2.45, 2.75) is 27.2 Å². The number of hydrogen-bond acceptors (Lipinski definition) is 3. The molecule has 126 valence electrons. The van der Waals surface area contributed by atoms with Gasteiger partial charge in [-0.2, -0.15) is 0 Å². The largest absolute Gasteiger partial charge is 0.457 e. The Kier molecular flexibility index (Phi) is 4.26. The van der Waals surface area contributed by atoms with Crippen molar-refractivity contribution < 1.29 is 18.7 Å². The summed E-state index contributed by atoms with van der Waals surface area (Å²) in [6, 6.07) is 7.95. The predicted molar refractivity (Wildman–Crippen MR) is 87.8 cm³/mol. The third-order valence-electron chi connectivity index (χ3n) is 4.56. The zero-order chi connectivity index (χ0) is 17.4. The van der Waals surface area contributed by atoms with E-state index in [4.69, 9.17) is 4.74 Å². The number of carbonyl (C=O) groups excluding carboxylic acids is 2. The number of nitrogens with zero attached hydrogens (tertiary/aromatic N) is 1. The fourth-order valence-electron chi connectivity index (χ4n) is 3.03. The van der Waals surface area contributed by atoms with Gasteiger partial charge in [0.05, 0.1) is 5.92 Å². The second-order valence-corrected chi connectivity index (χ2v) is 6.45. The summed E-state index contributed by atoms with van der Waals surface area (Å²) in [7, 11) is 0. The Hall–Kier alpha value is -2.43. The molecule has 1 aliphatic carbocycles. The monoisotopic (exact) mass is 329 g/mol. The van der Waals surface area contributed by atoms with Gasteiger partial charge in [0.1, 0.15) is 5.82 Å². The van der Waals surface area contributed by atoms with Crippen LogP contribution in [-0.2, 0) is 9.53 Å². The molecule has 3 rings (SSSR count). The molecule has 0 bridgehead atoms. The van der Waals surface area contributed by atoms with Crippen molar-refractivity contribution in [3.8, 4) is 5.69 Å². The number of hydrogen-bond donors (Lipinski definition) is 0. The molecule has 0 spiro atoms. The summed E-state index contributed by atoms with van der Waals surface area (Å²) < 4.78 is 20.4. The Bertz CT molecular complexity index is 809. The van der Waals surface area contributed by atoms with Gasteiger partial charge in [-0.3, -0.25) is 9.59 Å². The first-order chi connectivity index (χ1) is 11.4. The molecule has 5 heteroatoms. The van der Waals surface area contributed by atoms with Crippen molar-refractivity contribution in [3.63, 3.8) is 0 Å². The zero-order valence-electron chi connectivity index (χ0n) is 14.0. The number of esters is 1. The highest BCUT2D eigenvalue weighted by atomic mass is 19.1. The predicted octanol–water partition coefficient (Wildman–Crippen LogP) is 3.62. The molecule has 0 radical (unpaired) electrons. The number of carbonyl (C=O) groups is 2. The minimum atomic E-state index is -0.333. The van der Waals surface area contributed by atoms with Crippen molar-refractivity contribution in [1.29, 1.82) is 0 Å². The van der Waals surface area contributed by atoms with E-state index in [1.54, 1.807) is 25.1 Å². The molecule has 2 unspecified atom stereocenters. The van der Waals surface area contributed by atoms with E-state index >= 15 is 0 Å². The van der Waals surface area contributed by atoms with Gasteiger partial charge in [0.15, 0.2) is 6.61 Å². The van der Waals surface area contributed by atoms with Crippen LogP contribution in [0, 0.1) is 31.5 Å². The molecule has 0 amide bonds. The van der Waals surface area contributed by atoms with E-state index < -0.39 is 0 Å². The van der Waals surface area contributed by atoms with Gasteiger partial charge in [0.2, 0.25) is 5.78 Å². The van der Waals surface area contributed by atoms with Crippen LogP contribution in [0.5, 0.6) is 0 Å². The first-order valence-corrected chi connectivity index (χ1v) is 8.03. The number of ketones is 1. The Morgan fingerprint density at radius 3 is 2.62 bits per heavy atom. The number of rotatable bonds is 5. The van der Waals surface area contributed by atoms with E-state index in [0.717, 1.165) is 12.1 Å². The molecule has 4 nitrogen and oxygen atoms in total. The molecule has 1 saturated carbocycles. The minimum absolute atomic E-state index is 0.0578. The Labute approximate surface area is 140 Å². The highest BCUT2D eigenvalue weighted by Gasteiger charge is 2.40. The second-order valence-electron chi connectivity index (χ2n) is 6.45. The van der Waals surface area contributed by atoms with Gasteiger partial charge in [0.25, 0.3) is 0 Å². The van der Waals surface area contributed by atoms with Crippen LogP contribution in [0.4, 0.5) is 4.39 Å². The number of benzene rings is 1. The molecule has 1 heterocycles. The summed E-state index contributed by atoms with van der Waals surface area (Å²) in [5, 5.41) is 0. The van der Waals surface area contributed by atoms with E-state index in [2.05, 4.69) is 0 Å². The molecule has 0 saturated heterocycles. The normalized spacial score (nSPS) is 19.2. The van der Waals surface area contributed by atoms with Crippen LogP contribution < -0.4 is 0 Å². The van der Waals surface area contributed by atoms with Gasteiger partial charge in [0, 0.05) is 22.6 Å². The molecule has 1 aromatic heterocycles. The lowest BCUT2D eigenvalue weighted by Gasteiger charge is -2.10. The summed E-state index contributed by atoms with van der Waals surface area (Å²) >= 11 is 0. The van der Waals surface area contributed by atoms with Crippen LogP contribution in [0.15, 0.2) is 30.3 Å². The SMILES string of the molecule is Cc1cc(C(=O)COC(=O)C2CC2C)c(C)n1-c1cccc(F)c1. The highest BCUT2D eigenvalue weighted by molar-refractivity contribution is 5.99. The molecule has 0 aliphatic heterocycles. The summed E-state index contributed by atoms with van der Waals surface area (Å²) in [6.45, 7) is 5.39. The summed E-state index contributed by atoms with van der Waals surface area (Å²) in [4.78, 5) is 24.1. The fourth-order valence-corrected chi connectivity index (χ4v) is 3.03. The molecule has 1 aromatic carbocycles. The van der Waals surface area contributed by atoms with Crippen molar-refractivity contribution in [1.82, 2.24) is 4.57 Å². The van der Waals surface area contributed by atoms with Crippen LogP contribution in [-0.4, -0.2) is 22.9 Å². The maximum Gasteiger partial charge on any atom is 0.309 e. The number of halogens is 1. The number of aryl methyl sites for hydroxylation is 1. The standard InChI is InChI=1S/C19H20FNO3/c1-11-7-16(11)19(23)24-10-18(22)17-8-12(2)21(13(17)3)15-6-4-5-14(20)9-15/h4-6,8-9,11,16H,7,10H2,1-3H3. The molecule has 1 aliphatic rings. The third kappa shape index (κ3) is 3.11. The summed E-state index contributed by atoms with van der Waals surface area (Å²) in [6.07, 6.45) is 0.834. The van der Waals surface area contributed by atoms with Crippen LogP contribution in [0.1, 0.15) is 35.1 Å². The van der Waals surface area contributed by atoms with Crippen LogP contribution in [0.25, 0.3) is 5.69 Å². The Balaban J connectivity index is 1.78. The van der Waals surface area contributed by atoms with Crippen molar-refractivity contribution in [2.24, 2.45) is 11.8 Å². The lowest BCUT2D eigenvalue weighted by atomic mass is 10.1.